The van der Waals surface area contributed by atoms with Gasteiger partial charge in [0.05, 0.1) is 11.3 Å². The Kier molecular flexibility index (Phi) is 5.38. The van der Waals surface area contributed by atoms with Crippen molar-refractivity contribution in [3.63, 3.8) is 0 Å². The molecule has 0 bridgehead atoms. The second-order valence-corrected chi connectivity index (χ2v) is 8.61. The van der Waals surface area contributed by atoms with Crippen molar-refractivity contribution < 1.29 is 18.4 Å². The third-order valence-electron chi connectivity index (χ3n) is 5.33. The number of halogens is 2. The second kappa shape index (κ2) is 8.04. The van der Waals surface area contributed by atoms with E-state index >= 15 is 0 Å². The fourth-order valence-corrected chi connectivity index (χ4v) is 3.58. The van der Waals surface area contributed by atoms with E-state index in [-0.39, 0.29) is 22.4 Å². The largest absolute Gasteiger partial charge is 0.350 e. The van der Waals surface area contributed by atoms with Crippen LogP contribution in [0.2, 0.25) is 0 Å². The number of rotatable bonds is 4. The Morgan fingerprint density at radius 2 is 1.44 bits per heavy atom. The molecule has 3 aromatic rings. The zero-order valence-corrected chi connectivity index (χ0v) is 17.9. The van der Waals surface area contributed by atoms with E-state index in [1.165, 1.54) is 6.07 Å². The maximum absolute atomic E-state index is 13.7. The molecular weight excluding hydrogens is 410 g/mol. The highest BCUT2D eigenvalue weighted by molar-refractivity contribution is 6.46. The summed E-state index contributed by atoms with van der Waals surface area (Å²) in [5.41, 5.74) is 2.31. The summed E-state index contributed by atoms with van der Waals surface area (Å²) in [4.78, 5) is 27.8. The van der Waals surface area contributed by atoms with E-state index in [4.69, 9.17) is 0 Å². The van der Waals surface area contributed by atoms with E-state index in [1.807, 2.05) is 12.1 Å². The zero-order valence-electron chi connectivity index (χ0n) is 17.9. The highest BCUT2D eigenvalue weighted by Gasteiger charge is 2.40. The molecule has 32 heavy (non-hydrogen) atoms. The fourth-order valence-electron chi connectivity index (χ4n) is 3.58. The SMILES string of the molecule is CC(C)(C)c1ccc(N2C(=O)C(Nc3ccc(F)c(F)c3)=C(c3ccccc3)C2=O)cc1. The van der Waals surface area contributed by atoms with Gasteiger partial charge in [-0.25, -0.2) is 13.7 Å². The average molecular weight is 432 g/mol. The molecule has 0 aromatic heterocycles. The summed E-state index contributed by atoms with van der Waals surface area (Å²) in [6.45, 7) is 6.23. The van der Waals surface area contributed by atoms with Gasteiger partial charge in [-0.15, -0.1) is 0 Å². The molecule has 1 N–H and O–H groups in total. The number of anilines is 2. The molecule has 4 nitrogen and oxygen atoms in total. The molecule has 0 spiro atoms. The van der Waals surface area contributed by atoms with Crippen LogP contribution in [0.1, 0.15) is 31.9 Å². The van der Waals surface area contributed by atoms with Gasteiger partial charge in [0.1, 0.15) is 5.70 Å². The van der Waals surface area contributed by atoms with Crippen molar-refractivity contribution in [1.82, 2.24) is 0 Å². The lowest BCUT2D eigenvalue weighted by Crippen LogP contribution is -2.32. The topological polar surface area (TPSA) is 49.4 Å². The Balaban J connectivity index is 1.77. The summed E-state index contributed by atoms with van der Waals surface area (Å²) in [6.07, 6.45) is 0. The number of amides is 2. The Bertz CT molecular complexity index is 1230. The number of nitrogens with zero attached hydrogens (tertiary/aromatic N) is 1. The third-order valence-corrected chi connectivity index (χ3v) is 5.33. The van der Waals surface area contributed by atoms with E-state index < -0.39 is 23.4 Å². The minimum atomic E-state index is -1.05. The summed E-state index contributed by atoms with van der Waals surface area (Å²) in [7, 11) is 0. The van der Waals surface area contributed by atoms with Crippen LogP contribution in [0.15, 0.2) is 78.5 Å². The number of hydrogen-bond donors (Lipinski definition) is 1. The number of carbonyl (C=O) groups excluding carboxylic acids is 2. The molecule has 0 radical (unpaired) electrons. The lowest BCUT2D eigenvalue weighted by atomic mass is 9.87. The van der Waals surface area contributed by atoms with E-state index in [9.17, 15) is 18.4 Å². The van der Waals surface area contributed by atoms with Gasteiger partial charge < -0.3 is 5.32 Å². The van der Waals surface area contributed by atoms with Crippen LogP contribution in [-0.4, -0.2) is 11.8 Å². The summed E-state index contributed by atoms with van der Waals surface area (Å²) < 4.78 is 27.1. The van der Waals surface area contributed by atoms with E-state index in [1.54, 1.807) is 42.5 Å². The van der Waals surface area contributed by atoms with Gasteiger partial charge in [-0.3, -0.25) is 9.59 Å². The normalized spacial score (nSPS) is 14.3. The predicted octanol–water partition coefficient (Wildman–Crippen LogP) is 5.66. The van der Waals surface area contributed by atoms with Crippen LogP contribution in [0.5, 0.6) is 0 Å². The molecule has 0 saturated carbocycles. The summed E-state index contributed by atoms with van der Waals surface area (Å²) >= 11 is 0. The van der Waals surface area contributed by atoms with Crippen molar-refractivity contribution in [2.24, 2.45) is 0 Å². The number of benzene rings is 3. The molecule has 6 heteroatoms. The van der Waals surface area contributed by atoms with Gasteiger partial charge in [0, 0.05) is 11.8 Å². The van der Waals surface area contributed by atoms with Crippen molar-refractivity contribution in [1.29, 1.82) is 0 Å². The van der Waals surface area contributed by atoms with Gasteiger partial charge in [0.25, 0.3) is 11.8 Å². The summed E-state index contributed by atoms with van der Waals surface area (Å²) in [5, 5.41) is 2.83. The van der Waals surface area contributed by atoms with Crippen LogP contribution in [0.3, 0.4) is 0 Å². The first-order valence-corrected chi connectivity index (χ1v) is 10.2. The minimum Gasteiger partial charge on any atom is -0.350 e. The molecule has 1 aliphatic heterocycles. The molecule has 4 rings (SSSR count). The summed E-state index contributed by atoms with van der Waals surface area (Å²) in [5.74, 6) is -3.11. The van der Waals surface area contributed by atoms with Gasteiger partial charge in [-0.1, -0.05) is 63.2 Å². The van der Waals surface area contributed by atoms with Crippen LogP contribution in [-0.2, 0) is 15.0 Å². The Labute approximate surface area is 185 Å². The van der Waals surface area contributed by atoms with Crippen LogP contribution >= 0.6 is 0 Å². The van der Waals surface area contributed by atoms with Crippen LogP contribution in [0.4, 0.5) is 20.2 Å². The zero-order chi connectivity index (χ0) is 23.0. The Morgan fingerprint density at radius 1 is 0.781 bits per heavy atom. The first-order chi connectivity index (χ1) is 15.2. The average Bonchev–Trinajstić information content (AvgIpc) is 3.00. The molecule has 2 amide bonds. The van der Waals surface area contributed by atoms with Gasteiger partial charge in [-0.05, 0) is 40.8 Å². The first-order valence-electron chi connectivity index (χ1n) is 10.2. The van der Waals surface area contributed by atoms with Crippen molar-refractivity contribution >= 4 is 28.8 Å². The summed E-state index contributed by atoms with van der Waals surface area (Å²) in [6, 6.07) is 19.2. The lowest BCUT2D eigenvalue weighted by molar-refractivity contribution is -0.120. The lowest BCUT2D eigenvalue weighted by Gasteiger charge is -2.21. The van der Waals surface area contributed by atoms with Crippen LogP contribution < -0.4 is 10.2 Å². The van der Waals surface area contributed by atoms with Crippen molar-refractivity contribution in [3.8, 4) is 0 Å². The van der Waals surface area contributed by atoms with Crippen LogP contribution in [0.25, 0.3) is 5.57 Å². The monoisotopic (exact) mass is 432 g/mol. The van der Waals surface area contributed by atoms with Gasteiger partial charge in [0.2, 0.25) is 0 Å². The van der Waals surface area contributed by atoms with E-state index in [0.717, 1.165) is 22.6 Å². The van der Waals surface area contributed by atoms with Crippen molar-refractivity contribution in [2.45, 2.75) is 26.2 Å². The number of hydrogen-bond acceptors (Lipinski definition) is 3. The molecule has 162 valence electrons. The second-order valence-electron chi connectivity index (χ2n) is 8.61. The number of nitrogens with one attached hydrogen (secondary N) is 1. The molecule has 3 aromatic carbocycles. The maximum atomic E-state index is 13.7. The van der Waals surface area contributed by atoms with Gasteiger partial charge >= 0.3 is 0 Å². The molecular formula is C26H22F2N2O2. The molecule has 1 heterocycles. The third kappa shape index (κ3) is 3.91. The van der Waals surface area contributed by atoms with Crippen LogP contribution in [0, 0.1) is 11.6 Å². The standard InChI is InChI=1S/C26H22F2N2O2/c1-26(2,3)17-9-12-19(13-10-17)30-24(31)22(16-7-5-4-6-8-16)23(25(30)32)29-18-11-14-20(27)21(28)15-18/h4-15,29H,1-3H3. The number of carbonyl (C=O) groups is 2. The molecule has 0 saturated heterocycles. The number of imide groups is 1. The molecule has 0 fully saturated rings. The molecule has 0 atom stereocenters. The quantitative estimate of drug-likeness (QED) is 0.542. The molecule has 0 unspecified atom stereocenters. The van der Waals surface area contributed by atoms with Crippen molar-refractivity contribution in [2.75, 3.05) is 10.2 Å². The molecule has 0 aliphatic carbocycles. The highest BCUT2D eigenvalue weighted by Crippen LogP contribution is 2.34. The van der Waals surface area contributed by atoms with Gasteiger partial charge in [-0.2, -0.15) is 0 Å². The van der Waals surface area contributed by atoms with E-state index in [2.05, 4.69) is 26.1 Å². The highest BCUT2D eigenvalue weighted by atomic mass is 19.2. The molecule has 1 aliphatic rings. The van der Waals surface area contributed by atoms with Gasteiger partial charge in [0.15, 0.2) is 11.6 Å². The first kappa shape index (κ1) is 21.4. The van der Waals surface area contributed by atoms with Crippen molar-refractivity contribution in [3.05, 3.63) is 101 Å². The fraction of sp³-hybridized carbons (Fsp3) is 0.154. The Hall–Kier alpha value is -3.80. The Morgan fingerprint density at radius 3 is 2.03 bits per heavy atom. The predicted molar refractivity (Wildman–Crippen MR) is 121 cm³/mol. The van der Waals surface area contributed by atoms with E-state index in [0.29, 0.717) is 11.3 Å². The maximum Gasteiger partial charge on any atom is 0.282 e. The minimum absolute atomic E-state index is 0.00658. The smallest absolute Gasteiger partial charge is 0.282 e.